The first kappa shape index (κ1) is 18.4. The van der Waals surface area contributed by atoms with Crippen LogP contribution in [0.15, 0.2) is 29.2 Å². The molecule has 4 nitrogen and oxygen atoms in total. The van der Waals surface area contributed by atoms with Crippen LogP contribution < -0.4 is 108 Å². The number of carboxylic acids is 1. The molecule has 0 aliphatic carbocycles. The van der Waals surface area contributed by atoms with Crippen molar-refractivity contribution in [2.75, 3.05) is 0 Å². The summed E-state index contributed by atoms with van der Waals surface area (Å²) in [7, 11) is 0. The van der Waals surface area contributed by atoms with Gasteiger partial charge in [-0.25, -0.2) is 0 Å². The molecule has 1 atom stereocenters. The van der Waals surface area contributed by atoms with E-state index in [0.29, 0.717) is 0 Å². The van der Waals surface area contributed by atoms with Crippen LogP contribution in [-0.2, 0) is 11.1 Å². The molecule has 0 N–H and O–H groups in total. The summed E-state index contributed by atoms with van der Waals surface area (Å²) in [5.74, 6) is -1.32. The van der Waals surface area contributed by atoms with Gasteiger partial charge in [-0.2, -0.15) is 0 Å². The second-order valence-electron chi connectivity index (χ2n) is 2.05. The Bertz CT molecular complexity index is 292. The van der Waals surface area contributed by atoms with Crippen LogP contribution in [0.5, 0.6) is 0 Å². The van der Waals surface area contributed by atoms with Crippen LogP contribution in [-0.4, -0.2) is 14.7 Å². The Balaban J connectivity index is 0. The van der Waals surface area contributed by atoms with Crippen molar-refractivity contribution in [1.82, 2.24) is 0 Å². The van der Waals surface area contributed by atoms with Crippen LogP contribution in [0.1, 0.15) is 10.4 Å². The van der Waals surface area contributed by atoms with Crippen molar-refractivity contribution in [3.63, 3.8) is 0 Å². The van der Waals surface area contributed by atoms with Gasteiger partial charge in [-0.05, 0) is 28.8 Å². The summed E-state index contributed by atoms with van der Waals surface area (Å²) in [6, 6.07) is 4.77. The first-order valence-corrected chi connectivity index (χ1v) is 4.09. The Kier molecular flexibility index (Phi) is 12.0. The van der Waals surface area contributed by atoms with Gasteiger partial charge >= 0.3 is 103 Å². The normalized spacial score (nSPS) is 10.6. The fourth-order valence-corrected chi connectivity index (χ4v) is 1.06. The topological polar surface area (TPSA) is 80.3 Å². The number of hydrogen-bond acceptors (Lipinski definition) is 4. The van der Waals surface area contributed by atoms with Crippen LogP contribution in [0.3, 0.4) is 0 Å². The zero-order valence-electron chi connectivity index (χ0n) is 7.85. The van der Waals surface area contributed by atoms with Gasteiger partial charge < -0.3 is 14.5 Å². The molecule has 1 aromatic rings. The van der Waals surface area contributed by atoms with E-state index >= 15 is 0 Å². The predicted molar refractivity (Wildman–Crippen MR) is 38.0 cm³/mol. The molecule has 1 rings (SSSR count). The average molecular weight is 262 g/mol. The number of benzene rings is 1. The van der Waals surface area contributed by atoms with Crippen molar-refractivity contribution in [1.29, 1.82) is 0 Å². The van der Waals surface area contributed by atoms with E-state index in [1.165, 1.54) is 24.3 Å². The van der Waals surface area contributed by atoms with E-state index in [0.717, 1.165) is 0 Å². The maximum Gasteiger partial charge on any atom is 1.00 e. The zero-order chi connectivity index (χ0) is 9.14. The zero-order valence-corrected chi connectivity index (χ0v) is 14.9. The van der Waals surface area contributed by atoms with Gasteiger partial charge in [0.15, 0.2) is 0 Å². The van der Waals surface area contributed by atoms with E-state index in [-0.39, 0.29) is 113 Å². The molecular formula is C7H4K2O4S. The number of hydrogen-bond donors (Lipinski definition) is 0. The molecule has 0 saturated heterocycles. The maximum absolute atomic E-state index is 10.3. The second-order valence-corrected chi connectivity index (χ2v) is 2.99. The Morgan fingerprint density at radius 2 is 1.57 bits per heavy atom. The molecule has 1 unspecified atom stereocenters. The summed E-state index contributed by atoms with van der Waals surface area (Å²) < 4.78 is 20.6. The van der Waals surface area contributed by atoms with Crippen molar-refractivity contribution >= 4 is 17.0 Å². The number of carbonyl (C=O) groups is 1. The third-order valence-electron chi connectivity index (χ3n) is 1.28. The largest absolute Gasteiger partial charge is 1.00 e. The minimum atomic E-state index is -2.31. The van der Waals surface area contributed by atoms with Gasteiger partial charge in [0, 0.05) is 4.90 Å². The van der Waals surface area contributed by atoms with Crippen molar-refractivity contribution in [3.05, 3.63) is 29.8 Å². The van der Waals surface area contributed by atoms with Gasteiger partial charge in [-0.3, -0.25) is 4.21 Å². The summed E-state index contributed by atoms with van der Waals surface area (Å²) in [4.78, 5) is 10.3. The van der Waals surface area contributed by atoms with Gasteiger partial charge in [0.1, 0.15) is 0 Å². The molecule has 1 aromatic carbocycles. The Morgan fingerprint density at radius 1 is 1.14 bits per heavy atom. The van der Waals surface area contributed by atoms with E-state index in [2.05, 4.69) is 0 Å². The number of carboxylic acid groups (broad SMARTS) is 1. The van der Waals surface area contributed by atoms with Crippen LogP contribution >= 0.6 is 0 Å². The van der Waals surface area contributed by atoms with E-state index in [1.54, 1.807) is 0 Å². The van der Waals surface area contributed by atoms with E-state index < -0.39 is 17.0 Å². The van der Waals surface area contributed by atoms with E-state index in [1.807, 2.05) is 0 Å². The molecule has 0 bridgehead atoms. The monoisotopic (exact) mass is 262 g/mol. The summed E-state index contributed by atoms with van der Waals surface area (Å²) in [5.41, 5.74) is -0.0378. The molecule has 0 fully saturated rings. The molecule has 0 radical (unpaired) electrons. The fraction of sp³-hybridized carbons (Fsp3) is 0. The number of carbonyl (C=O) groups excluding carboxylic acids is 1. The minimum absolute atomic E-state index is 0. The van der Waals surface area contributed by atoms with Crippen LogP contribution in [0.2, 0.25) is 0 Å². The van der Waals surface area contributed by atoms with Gasteiger partial charge in [0.2, 0.25) is 0 Å². The van der Waals surface area contributed by atoms with Crippen molar-refractivity contribution in [3.8, 4) is 0 Å². The second kappa shape index (κ2) is 9.14. The average Bonchev–Trinajstić information content (AvgIpc) is 2.04. The van der Waals surface area contributed by atoms with Crippen LogP contribution in [0.4, 0.5) is 0 Å². The summed E-state index contributed by atoms with van der Waals surface area (Å²) in [5, 5.41) is 10.2. The molecule has 14 heavy (non-hydrogen) atoms. The van der Waals surface area contributed by atoms with E-state index in [9.17, 15) is 18.7 Å². The minimum Gasteiger partial charge on any atom is -0.768 e. The maximum atomic E-state index is 10.3. The molecule has 7 heteroatoms. The molecule has 0 aliphatic rings. The molecule has 64 valence electrons. The summed E-state index contributed by atoms with van der Waals surface area (Å²) >= 11 is -2.31. The number of aromatic carboxylic acids is 1. The predicted octanol–water partition coefficient (Wildman–Crippen LogP) is -6.70. The van der Waals surface area contributed by atoms with Gasteiger partial charge in [0.05, 0.1) is 5.97 Å². The van der Waals surface area contributed by atoms with Crippen molar-refractivity contribution in [2.24, 2.45) is 0 Å². The van der Waals surface area contributed by atoms with E-state index in [4.69, 9.17) is 0 Å². The quantitative estimate of drug-likeness (QED) is 0.392. The van der Waals surface area contributed by atoms with Gasteiger partial charge in [0.25, 0.3) is 0 Å². The Labute approximate surface area is 169 Å². The Hall–Kier alpha value is 2.07. The smallest absolute Gasteiger partial charge is 0.768 e. The molecule has 0 amide bonds. The van der Waals surface area contributed by atoms with Gasteiger partial charge in [-0.15, -0.1) is 0 Å². The molecule has 0 aromatic heterocycles. The molecule has 0 aliphatic heterocycles. The van der Waals surface area contributed by atoms with Crippen LogP contribution in [0, 0.1) is 0 Å². The molecule has 0 saturated carbocycles. The SMILES string of the molecule is O=C([O-])c1ccc(S(=O)[O-])cc1.[K+].[K+]. The van der Waals surface area contributed by atoms with Crippen molar-refractivity contribution < 1.29 is 121 Å². The summed E-state index contributed by atoms with van der Waals surface area (Å²) in [6.07, 6.45) is 0. The Morgan fingerprint density at radius 3 is 1.86 bits per heavy atom. The van der Waals surface area contributed by atoms with Crippen LogP contribution in [0.25, 0.3) is 0 Å². The molecule has 0 heterocycles. The first-order chi connectivity index (χ1) is 5.61. The third kappa shape index (κ3) is 5.97. The third-order valence-corrected chi connectivity index (χ3v) is 1.94. The van der Waals surface area contributed by atoms with Crippen molar-refractivity contribution in [2.45, 2.75) is 4.90 Å². The molecule has 0 spiro atoms. The van der Waals surface area contributed by atoms with Gasteiger partial charge in [-0.1, -0.05) is 12.1 Å². The summed E-state index contributed by atoms with van der Waals surface area (Å²) in [6.45, 7) is 0. The number of rotatable bonds is 2. The standard InChI is InChI=1S/C7H6O4S.2K/c8-7(9)5-1-3-6(4-2-5)12(10)11;;/h1-4H,(H,8,9)(H,10,11);;/q;2*+1/p-2. The molecular weight excluding hydrogens is 258 g/mol. The first-order valence-electron chi connectivity index (χ1n) is 3.02. The fourth-order valence-electron chi connectivity index (χ4n) is 0.702.